The maximum atomic E-state index is 13.3. The molecule has 0 saturated carbocycles. The molecule has 3 aliphatic heterocycles. The molecule has 1 amide bonds. The SMILES string of the molecule is CCCCCCCCCCCCCCCCCCCCCCC(=O)NC(COC1OC(CO)C(OC2OC(CO)C(OC3OC(CO)C(O)C(O)C3O)C(O)C2O)C(O)C1O)C(O)CCCCCCCCCCCCC. The minimum atomic E-state index is -1.97. The van der Waals surface area contributed by atoms with Crippen molar-refractivity contribution < 1.29 is 89.4 Å². The van der Waals surface area contributed by atoms with E-state index in [2.05, 4.69) is 19.2 Å². The van der Waals surface area contributed by atoms with Crippen molar-refractivity contribution in [2.75, 3.05) is 26.4 Å². The zero-order chi connectivity index (χ0) is 55.5. The van der Waals surface area contributed by atoms with Crippen LogP contribution in [-0.4, -0.2) is 193 Å². The standard InChI is InChI=1S/C57H109NO18/c1-3-5-7-9-11-13-15-16-17-18-19-20-21-22-23-25-27-29-31-33-35-45(63)58-40(41(62)34-32-30-28-26-24-14-12-10-8-6-4-2)39-71-55-51(69)48(66)53(43(37-60)73-55)76-57-52(70)49(67)54(44(38-61)74-57)75-56-50(68)47(65)46(64)42(36-59)72-56/h40-44,46-57,59-62,64-70H,3-39H2,1-2H3,(H,58,63). The van der Waals surface area contributed by atoms with Crippen LogP contribution in [0.25, 0.3) is 0 Å². The van der Waals surface area contributed by atoms with Crippen LogP contribution < -0.4 is 5.32 Å². The fourth-order valence-corrected chi connectivity index (χ4v) is 10.7. The first kappa shape index (κ1) is 69.1. The Kier molecular flexibility index (Phi) is 37.9. The lowest BCUT2D eigenvalue weighted by atomic mass is 9.96. The Morgan fingerprint density at radius 3 is 1.14 bits per heavy atom. The molecule has 0 bridgehead atoms. The van der Waals surface area contributed by atoms with Crippen LogP contribution in [0.1, 0.15) is 226 Å². The van der Waals surface area contributed by atoms with Gasteiger partial charge in [0, 0.05) is 6.42 Å². The second-order valence-corrected chi connectivity index (χ2v) is 22.2. The van der Waals surface area contributed by atoms with Crippen LogP contribution in [0.4, 0.5) is 0 Å². The number of rotatable bonds is 45. The van der Waals surface area contributed by atoms with Crippen LogP contribution in [0, 0.1) is 0 Å². The number of aliphatic hydroxyl groups is 11. The van der Waals surface area contributed by atoms with Gasteiger partial charge in [-0.25, -0.2) is 0 Å². The number of hydrogen-bond acceptors (Lipinski definition) is 18. The van der Waals surface area contributed by atoms with E-state index in [0.717, 1.165) is 44.9 Å². The molecule has 3 rings (SSSR count). The van der Waals surface area contributed by atoms with Gasteiger partial charge in [-0.2, -0.15) is 0 Å². The van der Waals surface area contributed by atoms with Crippen molar-refractivity contribution in [3.05, 3.63) is 0 Å². The quantitative estimate of drug-likeness (QED) is 0.0348. The highest BCUT2D eigenvalue weighted by atomic mass is 16.8. The maximum Gasteiger partial charge on any atom is 0.220 e. The normalized spacial score (nSPS) is 30.9. The third kappa shape index (κ3) is 25.7. The van der Waals surface area contributed by atoms with Gasteiger partial charge in [0.15, 0.2) is 18.9 Å². The van der Waals surface area contributed by atoms with Gasteiger partial charge in [-0.1, -0.05) is 206 Å². The van der Waals surface area contributed by atoms with E-state index in [0.29, 0.717) is 12.8 Å². The molecule has 0 spiro atoms. The van der Waals surface area contributed by atoms with E-state index in [1.165, 1.54) is 148 Å². The monoisotopic (exact) mass is 1100 g/mol. The van der Waals surface area contributed by atoms with E-state index < -0.39 is 124 Å². The fraction of sp³-hybridized carbons (Fsp3) is 0.982. The van der Waals surface area contributed by atoms with Crippen molar-refractivity contribution in [1.82, 2.24) is 5.32 Å². The van der Waals surface area contributed by atoms with Crippen molar-refractivity contribution in [3.63, 3.8) is 0 Å². The van der Waals surface area contributed by atoms with Gasteiger partial charge in [-0.3, -0.25) is 4.79 Å². The number of ether oxygens (including phenoxy) is 6. The summed E-state index contributed by atoms with van der Waals surface area (Å²) in [5, 5.41) is 120. The zero-order valence-electron chi connectivity index (χ0n) is 46.8. The molecule has 12 N–H and O–H groups in total. The number of carbonyl (C=O) groups excluding carboxylic acids is 1. The van der Waals surface area contributed by atoms with E-state index in [-0.39, 0.29) is 18.9 Å². The van der Waals surface area contributed by atoms with Crippen molar-refractivity contribution in [2.45, 2.75) is 330 Å². The topological polar surface area (TPSA) is 307 Å². The maximum absolute atomic E-state index is 13.3. The third-order valence-electron chi connectivity index (χ3n) is 15.7. The molecule has 3 heterocycles. The molecule has 0 aromatic heterocycles. The molecule has 0 aromatic rings. The van der Waals surface area contributed by atoms with Gasteiger partial charge in [-0.05, 0) is 12.8 Å². The predicted octanol–water partition coefficient (Wildman–Crippen LogP) is 5.21. The predicted molar refractivity (Wildman–Crippen MR) is 287 cm³/mol. The summed E-state index contributed by atoms with van der Waals surface area (Å²) in [5.41, 5.74) is 0. The van der Waals surface area contributed by atoms with Gasteiger partial charge < -0.3 is 89.9 Å². The Bertz CT molecular complexity index is 1400. The second kappa shape index (κ2) is 41.7. The number of nitrogens with one attached hydrogen (secondary N) is 1. The number of unbranched alkanes of at least 4 members (excludes halogenated alkanes) is 29. The van der Waals surface area contributed by atoms with Crippen molar-refractivity contribution >= 4 is 5.91 Å². The summed E-state index contributed by atoms with van der Waals surface area (Å²) in [6.45, 7) is 1.79. The van der Waals surface area contributed by atoms with E-state index in [1.807, 2.05) is 0 Å². The van der Waals surface area contributed by atoms with Crippen LogP contribution >= 0.6 is 0 Å². The Labute approximate surface area is 455 Å². The van der Waals surface area contributed by atoms with Crippen molar-refractivity contribution in [1.29, 1.82) is 0 Å². The Balaban J connectivity index is 1.46. The minimum absolute atomic E-state index is 0.240. The highest BCUT2D eigenvalue weighted by molar-refractivity contribution is 5.76. The molecule has 19 heteroatoms. The van der Waals surface area contributed by atoms with E-state index in [4.69, 9.17) is 28.4 Å². The van der Waals surface area contributed by atoms with Gasteiger partial charge in [0.25, 0.3) is 0 Å². The largest absolute Gasteiger partial charge is 0.394 e. The molecule has 3 aliphatic rings. The van der Waals surface area contributed by atoms with Gasteiger partial charge >= 0.3 is 0 Å². The first-order valence-electron chi connectivity index (χ1n) is 30.3. The second-order valence-electron chi connectivity index (χ2n) is 22.2. The van der Waals surface area contributed by atoms with Crippen molar-refractivity contribution in [3.8, 4) is 0 Å². The van der Waals surface area contributed by atoms with Gasteiger partial charge in [0.2, 0.25) is 5.91 Å². The summed E-state index contributed by atoms with van der Waals surface area (Å²) in [7, 11) is 0. The lowest BCUT2D eigenvalue weighted by Crippen LogP contribution is -2.66. The Hall–Kier alpha value is -1.21. The summed E-state index contributed by atoms with van der Waals surface area (Å²) < 4.78 is 34.3. The number of hydrogen-bond donors (Lipinski definition) is 12. The van der Waals surface area contributed by atoms with Crippen LogP contribution in [0.2, 0.25) is 0 Å². The molecule has 450 valence electrons. The smallest absolute Gasteiger partial charge is 0.220 e. The summed E-state index contributed by atoms with van der Waals surface area (Å²) >= 11 is 0. The molecule has 0 aromatic carbocycles. The van der Waals surface area contributed by atoms with E-state index >= 15 is 0 Å². The molecular weight excluding hydrogens is 987 g/mol. The average Bonchev–Trinajstić information content (AvgIpc) is 3.42. The van der Waals surface area contributed by atoms with Crippen molar-refractivity contribution in [2.24, 2.45) is 0 Å². The van der Waals surface area contributed by atoms with Crippen LogP contribution in [0.3, 0.4) is 0 Å². The summed E-state index contributed by atoms with van der Waals surface area (Å²) in [6.07, 6.45) is 12.0. The highest BCUT2D eigenvalue weighted by Gasteiger charge is 2.53. The number of amides is 1. The molecule has 0 aliphatic carbocycles. The average molecular weight is 1100 g/mol. The lowest BCUT2D eigenvalue weighted by Gasteiger charge is -2.48. The fourth-order valence-electron chi connectivity index (χ4n) is 10.7. The van der Waals surface area contributed by atoms with Gasteiger partial charge in [-0.15, -0.1) is 0 Å². The van der Waals surface area contributed by atoms with Crippen LogP contribution in [-0.2, 0) is 33.2 Å². The Morgan fingerprint density at radius 2 is 0.750 bits per heavy atom. The summed E-state index contributed by atoms with van der Waals surface area (Å²) in [4.78, 5) is 13.3. The highest BCUT2D eigenvalue weighted by Crippen LogP contribution is 2.33. The third-order valence-corrected chi connectivity index (χ3v) is 15.7. The zero-order valence-corrected chi connectivity index (χ0v) is 46.8. The molecule has 19 nitrogen and oxygen atoms in total. The first-order valence-corrected chi connectivity index (χ1v) is 30.3. The Morgan fingerprint density at radius 1 is 0.421 bits per heavy atom. The summed E-state index contributed by atoms with van der Waals surface area (Å²) in [6, 6.07) is -0.879. The van der Waals surface area contributed by atoms with E-state index in [9.17, 15) is 61.0 Å². The molecule has 17 unspecified atom stereocenters. The molecule has 3 saturated heterocycles. The lowest BCUT2D eigenvalue weighted by molar-refractivity contribution is -0.379. The van der Waals surface area contributed by atoms with Gasteiger partial charge in [0.05, 0.1) is 38.6 Å². The van der Waals surface area contributed by atoms with E-state index in [1.54, 1.807) is 0 Å². The van der Waals surface area contributed by atoms with Crippen LogP contribution in [0.5, 0.6) is 0 Å². The molecule has 76 heavy (non-hydrogen) atoms. The molecular formula is C57H109NO18. The van der Waals surface area contributed by atoms with Gasteiger partial charge in [0.1, 0.15) is 73.2 Å². The van der Waals surface area contributed by atoms with Crippen LogP contribution in [0.15, 0.2) is 0 Å². The molecule has 17 atom stereocenters. The summed E-state index contributed by atoms with van der Waals surface area (Å²) in [5.74, 6) is -0.240. The first-order chi connectivity index (χ1) is 36.8. The number of carbonyl (C=O) groups is 1. The molecule has 3 fully saturated rings. The number of aliphatic hydroxyl groups excluding tert-OH is 11. The minimum Gasteiger partial charge on any atom is -0.394 e. The molecule has 0 radical (unpaired) electrons.